The molecule has 0 spiro atoms. The molecule has 1 aliphatic rings. The topological polar surface area (TPSA) is 55.1 Å². The van der Waals surface area contributed by atoms with Crippen LogP contribution >= 0.6 is 28.3 Å². The van der Waals surface area contributed by atoms with Crippen molar-refractivity contribution in [3.05, 3.63) is 34.1 Å². The summed E-state index contributed by atoms with van der Waals surface area (Å²) in [5.41, 5.74) is 5.78. The molecule has 0 saturated heterocycles. The number of halogens is 3. The molecule has 0 unspecified atom stereocenters. The minimum Gasteiger partial charge on any atom is -0.345 e. The van der Waals surface area contributed by atoms with Gasteiger partial charge in [-0.1, -0.05) is 12.8 Å². The Bertz CT molecular complexity index is 464. The van der Waals surface area contributed by atoms with Crippen molar-refractivity contribution in [2.24, 2.45) is 5.73 Å². The van der Waals surface area contributed by atoms with Crippen LogP contribution in [0.1, 0.15) is 36.0 Å². The van der Waals surface area contributed by atoms with Crippen LogP contribution in [0.2, 0.25) is 0 Å². The van der Waals surface area contributed by atoms with Crippen LogP contribution in [0.3, 0.4) is 0 Å². The van der Waals surface area contributed by atoms with Crippen LogP contribution < -0.4 is 11.1 Å². The normalized spacial score (nSPS) is 16.8. The number of hydrogen-bond donors (Lipinski definition) is 2. The molecular formula is C13H17BrClFN2O. The molecule has 6 heteroatoms. The van der Waals surface area contributed by atoms with Gasteiger partial charge >= 0.3 is 0 Å². The summed E-state index contributed by atoms with van der Waals surface area (Å²) in [6.07, 6.45) is 3.95. The third-order valence-corrected chi connectivity index (χ3v) is 4.15. The van der Waals surface area contributed by atoms with E-state index >= 15 is 0 Å². The van der Waals surface area contributed by atoms with Crippen LogP contribution in [-0.2, 0) is 0 Å². The minimum atomic E-state index is -0.434. The SMILES string of the molecule is Cl.NCC1(NC(=O)c2ccc(Br)c(F)c2)CCCC1. The van der Waals surface area contributed by atoms with E-state index in [0.717, 1.165) is 25.7 Å². The van der Waals surface area contributed by atoms with E-state index in [4.69, 9.17) is 5.73 Å². The smallest absolute Gasteiger partial charge is 0.251 e. The number of benzene rings is 1. The highest BCUT2D eigenvalue weighted by molar-refractivity contribution is 9.10. The van der Waals surface area contributed by atoms with E-state index in [9.17, 15) is 9.18 Å². The molecule has 0 aliphatic heterocycles. The van der Waals surface area contributed by atoms with Crippen LogP contribution in [0.5, 0.6) is 0 Å². The van der Waals surface area contributed by atoms with Crippen molar-refractivity contribution in [2.75, 3.05) is 6.54 Å². The number of carbonyl (C=O) groups is 1. The molecule has 0 bridgehead atoms. The second kappa shape index (κ2) is 6.68. The van der Waals surface area contributed by atoms with E-state index in [1.807, 2.05) is 0 Å². The van der Waals surface area contributed by atoms with Crippen molar-refractivity contribution in [2.45, 2.75) is 31.2 Å². The first-order chi connectivity index (χ1) is 8.56. The van der Waals surface area contributed by atoms with Gasteiger partial charge < -0.3 is 11.1 Å². The Hall–Kier alpha value is -0.650. The van der Waals surface area contributed by atoms with Crippen LogP contribution in [0.25, 0.3) is 0 Å². The highest BCUT2D eigenvalue weighted by atomic mass is 79.9. The standard InChI is InChI=1S/C13H16BrFN2O.ClH/c14-10-4-3-9(7-11(10)15)12(18)17-13(8-16)5-1-2-6-13;/h3-4,7H,1-2,5-6,8,16H2,(H,17,18);1H. The zero-order chi connectivity index (χ0) is 13.2. The van der Waals surface area contributed by atoms with Gasteiger partial charge in [-0.2, -0.15) is 0 Å². The van der Waals surface area contributed by atoms with Crippen LogP contribution in [0, 0.1) is 5.82 Å². The summed E-state index contributed by atoms with van der Waals surface area (Å²) in [6.45, 7) is 0.428. The molecule has 1 aliphatic carbocycles. The average Bonchev–Trinajstić information content (AvgIpc) is 2.82. The maximum Gasteiger partial charge on any atom is 0.251 e. The molecule has 0 radical (unpaired) electrons. The zero-order valence-electron chi connectivity index (χ0n) is 10.4. The highest BCUT2D eigenvalue weighted by Gasteiger charge is 2.34. The van der Waals surface area contributed by atoms with Gasteiger partial charge in [0.15, 0.2) is 0 Å². The summed E-state index contributed by atoms with van der Waals surface area (Å²) in [6, 6.07) is 4.37. The lowest BCUT2D eigenvalue weighted by Gasteiger charge is -2.28. The van der Waals surface area contributed by atoms with E-state index in [1.165, 1.54) is 12.1 Å². The maximum atomic E-state index is 13.4. The third-order valence-electron chi connectivity index (χ3n) is 3.51. The predicted molar refractivity (Wildman–Crippen MR) is 79.1 cm³/mol. The van der Waals surface area contributed by atoms with Gasteiger partial charge in [0, 0.05) is 12.1 Å². The first-order valence-corrected chi connectivity index (χ1v) is 6.83. The predicted octanol–water partition coefficient (Wildman–Crippen LogP) is 3.01. The summed E-state index contributed by atoms with van der Waals surface area (Å²) in [5, 5.41) is 2.96. The van der Waals surface area contributed by atoms with Gasteiger partial charge in [-0.05, 0) is 47.0 Å². The molecule has 1 fully saturated rings. The summed E-state index contributed by atoms with van der Waals surface area (Å²) < 4.78 is 13.7. The van der Waals surface area contributed by atoms with E-state index in [0.29, 0.717) is 16.6 Å². The molecule has 1 aromatic carbocycles. The van der Waals surface area contributed by atoms with Gasteiger partial charge in [0.2, 0.25) is 0 Å². The Balaban J connectivity index is 0.00000180. The first kappa shape index (κ1) is 16.4. The van der Waals surface area contributed by atoms with Gasteiger partial charge in [0.25, 0.3) is 5.91 Å². The van der Waals surface area contributed by atoms with E-state index < -0.39 is 5.82 Å². The van der Waals surface area contributed by atoms with Crippen molar-refractivity contribution in [1.29, 1.82) is 0 Å². The number of hydrogen-bond acceptors (Lipinski definition) is 2. The first-order valence-electron chi connectivity index (χ1n) is 6.04. The van der Waals surface area contributed by atoms with Crippen LogP contribution in [0.15, 0.2) is 22.7 Å². The molecule has 19 heavy (non-hydrogen) atoms. The van der Waals surface area contributed by atoms with Gasteiger partial charge in [-0.25, -0.2) is 4.39 Å². The van der Waals surface area contributed by atoms with E-state index in [1.54, 1.807) is 6.07 Å². The Morgan fingerprint density at radius 1 is 1.42 bits per heavy atom. The molecular weight excluding hydrogens is 335 g/mol. The molecule has 3 nitrogen and oxygen atoms in total. The Morgan fingerprint density at radius 2 is 2.05 bits per heavy atom. The summed E-state index contributed by atoms with van der Waals surface area (Å²) >= 11 is 3.06. The second-order valence-corrected chi connectivity index (χ2v) is 5.63. The molecule has 1 saturated carbocycles. The summed E-state index contributed by atoms with van der Waals surface area (Å²) in [7, 11) is 0. The number of nitrogens with two attached hydrogens (primary N) is 1. The fourth-order valence-electron chi connectivity index (χ4n) is 2.38. The molecule has 2 rings (SSSR count). The Kier molecular flexibility index (Phi) is 5.77. The quantitative estimate of drug-likeness (QED) is 0.879. The number of amides is 1. The van der Waals surface area contributed by atoms with Crippen LogP contribution in [0.4, 0.5) is 4.39 Å². The van der Waals surface area contributed by atoms with Crippen molar-refractivity contribution in [3.63, 3.8) is 0 Å². The number of nitrogens with one attached hydrogen (secondary N) is 1. The minimum absolute atomic E-state index is 0. The summed E-state index contributed by atoms with van der Waals surface area (Å²) in [4.78, 5) is 12.1. The van der Waals surface area contributed by atoms with E-state index in [-0.39, 0.29) is 23.9 Å². The van der Waals surface area contributed by atoms with Crippen molar-refractivity contribution >= 4 is 34.2 Å². The lowest BCUT2D eigenvalue weighted by molar-refractivity contribution is 0.0902. The monoisotopic (exact) mass is 350 g/mol. The second-order valence-electron chi connectivity index (χ2n) is 4.77. The molecule has 0 heterocycles. The maximum absolute atomic E-state index is 13.4. The summed E-state index contributed by atoms with van der Waals surface area (Å²) in [5.74, 6) is -0.690. The van der Waals surface area contributed by atoms with E-state index in [2.05, 4.69) is 21.2 Å². The fourth-order valence-corrected chi connectivity index (χ4v) is 2.63. The molecule has 1 aromatic rings. The molecule has 1 amide bonds. The lowest BCUT2D eigenvalue weighted by atomic mass is 9.97. The van der Waals surface area contributed by atoms with Gasteiger partial charge in [-0.3, -0.25) is 4.79 Å². The zero-order valence-corrected chi connectivity index (χ0v) is 12.8. The van der Waals surface area contributed by atoms with Crippen molar-refractivity contribution < 1.29 is 9.18 Å². The van der Waals surface area contributed by atoms with Gasteiger partial charge in [0.05, 0.1) is 10.0 Å². The highest BCUT2D eigenvalue weighted by Crippen LogP contribution is 2.29. The largest absolute Gasteiger partial charge is 0.345 e. The number of rotatable bonds is 3. The lowest BCUT2D eigenvalue weighted by Crippen LogP contribution is -2.51. The van der Waals surface area contributed by atoms with Crippen molar-refractivity contribution in [3.8, 4) is 0 Å². The molecule has 0 aromatic heterocycles. The molecule has 0 atom stereocenters. The molecule has 106 valence electrons. The fraction of sp³-hybridized carbons (Fsp3) is 0.462. The Morgan fingerprint density at radius 3 is 2.58 bits per heavy atom. The number of carbonyl (C=O) groups excluding carboxylic acids is 1. The van der Waals surface area contributed by atoms with Gasteiger partial charge in [-0.15, -0.1) is 12.4 Å². The average molecular weight is 352 g/mol. The third kappa shape index (κ3) is 3.68. The Labute approximate surface area is 126 Å². The van der Waals surface area contributed by atoms with Gasteiger partial charge in [0.1, 0.15) is 5.82 Å². The van der Waals surface area contributed by atoms with Crippen molar-refractivity contribution in [1.82, 2.24) is 5.32 Å². The van der Waals surface area contributed by atoms with Crippen LogP contribution in [-0.4, -0.2) is 18.0 Å². The molecule has 3 N–H and O–H groups in total.